The molecule has 0 aromatic rings. The Hall–Kier alpha value is 2.80. The van der Waals surface area contributed by atoms with Crippen LogP contribution in [0.1, 0.15) is 0 Å². The summed E-state index contributed by atoms with van der Waals surface area (Å²) in [4.78, 5) is 45.5. The Kier molecular flexibility index (Phi) is 45.8. The summed E-state index contributed by atoms with van der Waals surface area (Å²) < 4.78 is 15.5. The molecule has 0 saturated carbocycles. The third-order valence-electron chi connectivity index (χ3n) is 3.90. The fraction of sp³-hybridized carbons (Fsp3) is 0.875. The molecule has 47 heavy (non-hydrogen) atoms. The van der Waals surface area contributed by atoms with Crippen LogP contribution < -0.4 is 0 Å². The van der Waals surface area contributed by atoms with E-state index in [2.05, 4.69) is 0 Å². The number of hydrogen-bond donors (Lipinski definition) is 2. The summed E-state index contributed by atoms with van der Waals surface area (Å²) in [7, 11) is 0. The standard InChI is InChI=1S/C24H44O10S13/c25-1-4-35-14-41-10-30-22(27)7-38-17-45-16-37-6-3-33-34-13-44-21-47-20-43-12-32-24(29)9-40-19-46-18-39-8-23(28)31-11-42-15-36-5-2-26/h25-26H,1-21H2. The van der Waals surface area contributed by atoms with E-state index in [1.54, 1.807) is 106 Å². The molecule has 0 spiro atoms. The number of thioether (sulfide) groups is 13. The predicted octanol–water partition coefficient (Wildman–Crippen LogP) is 6.57. The van der Waals surface area contributed by atoms with Crippen molar-refractivity contribution in [3.63, 3.8) is 0 Å². The van der Waals surface area contributed by atoms with Crippen molar-refractivity contribution in [1.29, 1.82) is 0 Å². The molecule has 0 rings (SSSR count). The fourth-order valence-electron chi connectivity index (χ4n) is 2.06. The molecule has 0 radical (unpaired) electrons. The number of carbonyl (C=O) groups is 3. The number of aliphatic hydroxyl groups is 2. The number of esters is 3. The summed E-state index contributed by atoms with van der Waals surface area (Å²) in [6.45, 7) is 0.853. The first-order valence-corrected chi connectivity index (χ1v) is 28.5. The molecule has 0 aliphatic carbocycles. The SMILES string of the molecule is O=C(CSCSCSCCOOCSCSCSCOC(=O)CSCSCSCC(=O)OCSCSCCO)OCSCSCCO. The molecule has 0 unspecified atom stereocenters. The van der Waals surface area contributed by atoms with E-state index >= 15 is 0 Å². The number of carbonyl (C=O) groups excluding carboxylic acids is 3. The Morgan fingerprint density at radius 3 is 1.15 bits per heavy atom. The van der Waals surface area contributed by atoms with Crippen molar-refractivity contribution in [3.05, 3.63) is 0 Å². The predicted molar refractivity (Wildman–Crippen MR) is 226 cm³/mol. The first kappa shape index (κ1) is 49.8. The molecule has 0 aliphatic rings. The Bertz CT molecular complexity index is 723. The molecule has 0 aromatic carbocycles. The Labute approximate surface area is 334 Å². The van der Waals surface area contributed by atoms with Gasteiger partial charge in [0, 0.05) is 57.9 Å². The van der Waals surface area contributed by atoms with Crippen molar-refractivity contribution in [3.8, 4) is 0 Å². The smallest absolute Gasteiger partial charge is 0.316 e. The molecule has 0 aliphatic heterocycles. The fourth-order valence-corrected chi connectivity index (χ4v) is 14.0. The average Bonchev–Trinajstić information content (AvgIpc) is 3.06. The van der Waals surface area contributed by atoms with E-state index < -0.39 is 0 Å². The summed E-state index contributed by atoms with van der Waals surface area (Å²) in [6, 6.07) is 0. The van der Waals surface area contributed by atoms with Gasteiger partial charge in [-0.2, -0.15) is 0 Å². The number of rotatable bonds is 38. The highest BCUT2D eigenvalue weighted by molar-refractivity contribution is 8.24. The zero-order valence-electron chi connectivity index (χ0n) is 25.8. The average molecular weight is 909 g/mol. The third kappa shape index (κ3) is 43.1. The summed E-state index contributed by atoms with van der Waals surface area (Å²) in [5.74, 6) is 4.08. The molecule has 0 aromatic heterocycles. The highest BCUT2D eigenvalue weighted by Gasteiger charge is 2.06. The number of hydrogen-bond acceptors (Lipinski definition) is 23. The second-order valence-electron chi connectivity index (χ2n) is 7.55. The van der Waals surface area contributed by atoms with E-state index in [0.717, 1.165) is 46.4 Å². The van der Waals surface area contributed by atoms with Crippen LogP contribution in [0.4, 0.5) is 0 Å². The molecule has 278 valence electrons. The number of aliphatic hydroxyl groups excluding tert-OH is 2. The number of ether oxygens (including phenoxy) is 3. The van der Waals surface area contributed by atoms with E-state index in [1.807, 2.05) is 0 Å². The molecule has 2 N–H and O–H groups in total. The van der Waals surface area contributed by atoms with Gasteiger partial charge in [0.1, 0.15) is 23.8 Å². The lowest BCUT2D eigenvalue weighted by Gasteiger charge is -2.06. The minimum absolute atomic E-state index is 0.161. The van der Waals surface area contributed by atoms with Crippen LogP contribution >= 0.6 is 153 Å². The molecule has 23 heteroatoms. The summed E-state index contributed by atoms with van der Waals surface area (Å²) >= 11 is 20.9. The lowest BCUT2D eigenvalue weighted by atomic mass is 10.8. The second kappa shape index (κ2) is 43.2. The second-order valence-corrected chi connectivity index (χ2v) is 23.4. The van der Waals surface area contributed by atoms with Gasteiger partial charge in [0.15, 0.2) is 0 Å². The van der Waals surface area contributed by atoms with Crippen LogP contribution in [0.3, 0.4) is 0 Å². The van der Waals surface area contributed by atoms with E-state index in [9.17, 15) is 14.4 Å². The first-order chi connectivity index (χ1) is 23.1. The topological polar surface area (TPSA) is 138 Å². The quantitative estimate of drug-likeness (QED) is 0.0172. The summed E-state index contributed by atoms with van der Waals surface area (Å²) in [5, 5.41) is 24.0. The van der Waals surface area contributed by atoms with Crippen molar-refractivity contribution in [2.75, 3.05) is 119 Å². The molecule has 0 bridgehead atoms. The lowest BCUT2D eigenvalue weighted by Crippen LogP contribution is -2.07. The van der Waals surface area contributed by atoms with Gasteiger partial charge in [0.25, 0.3) is 0 Å². The van der Waals surface area contributed by atoms with Crippen LogP contribution in [0.25, 0.3) is 0 Å². The Balaban J connectivity index is 3.24. The van der Waals surface area contributed by atoms with Crippen molar-refractivity contribution in [1.82, 2.24) is 0 Å². The Morgan fingerprint density at radius 2 is 0.723 bits per heavy atom. The normalized spacial score (nSPS) is 11.1. The highest BCUT2D eigenvalue weighted by atomic mass is 32.2. The van der Waals surface area contributed by atoms with Crippen LogP contribution in [0.5, 0.6) is 0 Å². The summed E-state index contributed by atoms with van der Waals surface area (Å²) in [5.41, 5.74) is 0. The van der Waals surface area contributed by atoms with Crippen LogP contribution in [0.15, 0.2) is 0 Å². The van der Waals surface area contributed by atoms with Gasteiger partial charge in [0.2, 0.25) is 0 Å². The van der Waals surface area contributed by atoms with Crippen molar-refractivity contribution in [2.45, 2.75) is 0 Å². The monoisotopic (exact) mass is 908 g/mol. The van der Waals surface area contributed by atoms with E-state index in [1.165, 1.54) is 47.0 Å². The molecule has 0 heterocycles. The molecule has 10 nitrogen and oxygen atoms in total. The van der Waals surface area contributed by atoms with Gasteiger partial charge >= 0.3 is 17.9 Å². The molecule has 0 fully saturated rings. The van der Waals surface area contributed by atoms with E-state index in [-0.39, 0.29) is 31.1 Å². The zero-order valence-corrected chi connectivity index (χ0v) is 36.4. The van der Waals surface area contributed by atoms with E-state index in [4.69, 9.17) is 34.2 Å². The third-order valence-corrected chi connectivity index (χ3v) is 18.4. The van der Waals surface area contributed by atoms with Gasteiger partial charge in [-0.15, -0.1) is 153 Å². The van der Waals surface area contributed by atoms with Crippen LogP contribution in [-0.2, 0) is 38.4 Å². The van der Waals surface area contributed by atoms with Gasteiger partial charge in [-0.3, -0.25) is 14.4 Å². The minimum Gasteiger partial charge on any atom is -0.454 e. The Morgan fingerprint density at radius 1 is 0.383 bits per heavy atom. The largest absolute Gasteiger partial charge is 0.454 e. The molecule has 0 amide bonds. The lowest BCUT2D eigenvalue weighted by molar-refractivity contribution is -0.274. The summed E-state index contributed by atoms with van der Waals surface area (Å²) in [6.07, 6.45) is 0. The molecular weight excluding hydrogens is 865 g/mol. The highest BCUT2D eigenvalue weighted by Crippen LogP contribution is 2.21. The maximum atomic E-state index is 11.8. The first-order valence-electron chi connectivity index (χ1n) is 13.5. The van der Waals surface area contributed by atoms with Crippen molar-refractivity contribution >= 4 is 171 Å². The molecule has 0 atom stereocenters. The van der Waals surface area contributed by atoms with Crippen molar-refractivity contribution < 1.29 is 48.6 Å². The van der Waals surface area contributed by atoms with Crippen LogP contribution in [-0.4, -0.2) is 147 Å². The zero-order chi connectivity index (χ0) is 34.3. The minimum atomic E-state index is -0.224. The van der Waals surface area contributed by atoms with Gasteiger partial charge in [-0.25, -0.2) is 9.78 Å². The van der Waals surface area contributed by atoms with Crippen LogP contribution in [0, 0.1) is 0 Å². The molecular formula is C24H44O10S13. The van der Waals surface area contributed by atoms with Gasteiger partial charge < -0.3 is 24.4 Å². The van der Waals surface area contributed by atoms with Gasteiger partial charge in [-0.1, -0.05) is 0 Å². The maximum Gasteiger partial charge on any atom is 0.316 e. The van der Waals surface area contributed by atoms with Crippen LogP contribution in [0.2, 0.25) is 0 Å². The molecule has 0 saturated heterocycles. The van der Waals surface area contributed by atoms with Gasteiger partial charge in [0.05, 0.1) is 37.1 Å². The van der Waals surface area contributed by atoms with E-state index in [0.29, 0.717) is 59.1 Å². The maximum absolute atomic E-state index is 11.8. The van der Waals surface area contributed by atoms with Gasteiger partial charge in [-0.05, 0) is 0 Å². The van der Waals surface area contributed by atoms with Crippen molar-refractivity contribution in [2.24, 2.45) is 0 Å².